The van der Waals surface area contributed by atoms with Gasteiger partial charge in [-0.3, -0.25) is 10.3 Å². The van der Waals surface area contributed by atoms with E-state index in [4.69, 9.17) is 4.99 Å². The second-order valence-corrected chi connectivity index (χ2v) is 9.54. The van der Waals surface area contributed by atoms with Crippen LogP contribution in [-0.2, 0) is 0 Å². The topological polar surface area (TPSA) is 48.8 Å². The molecule has 0 rings (SSSR count). The first-order chi connectivity index (χ1) is 17.2. The van der Waals surface area contributed by atoms with Gasteiger partial charge in [-0.25, -0.2) is 9.38 Å². The van der Waals surface area contributed by atoms with Crippen molar-refractivity contribution in [1.29, 1.82) is 0 Å². The highest BCUT2D eigenvalue weighted by molar-refractivity contribution is 7.25. The van der Waals surface area contributed by atoms with Crippen molar-refractivity contribution < 1.29 is 4.39 Å². The SMILES string of the molecule is C=C(CCC(/C=C/C(F)=C\C=C\C)CCNC)C(/N=C(\C)C(=P)NC(CCC)CCC)=C(C)\N=C/C. The Morgan fingerprint density at radius 1 is 1.08 bits per heavy atom. The van der Waals surface area contributed by atoms with Crippen LogP contribution >= 0.6 is 8.86 Å². The lowest BCUT2D eigenvalue weighted by Gasteiger charge is -2.19. The Bertz CT molecular complexity index is 843. The molecule has 0 fully saturated rings. The summed E-state index contributed by atoms with van der Waals surface area (Å²) >= 11 is 0. The van der Waals surface area contributed by atoms with Crippen LogP contribution in [0.5, 0.6) is 0 Å². The lowest BCUT2D eigenvalue weighted by atomic mass is 9.94. The van der Waals surface area contributed by atoms with E-state index in [0.717, 1.165) is 79.6 Å². The Labute approximate surface area is 223 Å². The van der Waals surface area contributed by atoms with Gasteiger partial charge in [0.15, 0.2) is 0 Å². The van der Waals surface area contributed by atoms with Crippen LogP contribution in [0.25, 0.3) is 0 Å². The summed E-state index contributed by atoms with van der Waals surface area (Å²) in [7, 11) is 5.71. The van der Waals surface area contributed by atoms with Gasteiger partial charge in [0.05, 0.1) is 22.5 Å². The molecule has 0 saturated heterocycles. The molecule has 0 aliphatic carbocycles. The van der Waals surface area contributed by atoms with Crippen molar-refractivity contribution in [2.75, 3.05) is 13.6 Å². The zero-order valence-corrected chi connectivity index (χ0v) is 24.8. The summed E-state index contributed by atoms with van der Waals surface area (Å²) in [6.07, 6.45) is 17.3. The predicted octanol–water partition coefficient (Wildman–Crippen LogP) is 8.15. The van der Waals surface area contributed by atoms with Gasteiger partial charge in [0.2, 0.25) is 0 Å². The van der Waals surface area contributed by atoms with Crippen molar-refractivity contribution in [2.45, 2.75) is 92.5 Å². The third-order valence-electron chi connectivity index (χ3n) is 5.82. The molecule has 0 radical (unpaired) electrons. The summed E-state index contributed by atoms with van der Waals surface area (Å²) < 4.78 is 14.0. The molecule has 36 heavy (non-hydrogen) atoms. The molecule has 0 aliphatic heterocycles. The van der Waals surface area contributed by atoms with Gasteiger partial charge in [-0.15, -0.1) is 0 Å². The molecule has 202 valence electrons. The van der Waals surface area contributed by atoms with Crippen LogP contribution in [0.3, 0.4) is 0 Å². The largest absolute Gasteiger partial charge is 0.320 e. The molecule has 0 spiro atoms. The first-order valence-corrected chi connectivity index (χ1v) is 13.8. The molecule has 4 nitrogen and oxygen atoms in total. The van der Waals surface area contributed by atoms with Crippen LogP contribution in [0, 0.1) is 5.92 Å². The van der Waals surface area contributed by atoms with E-state index in [2.05, 4.69) is 44.9 Å². The monoisotopic (exact) mass is 516 g/mol. The molecule has 6 heteroatoms. The summed E-state index contributed by atoms with van der Waals surface area (Å²) in [5.74, 6) is -0.0174. The van der Waals surface area contributed by atoms with Gasteiger partial charge in [-0.2, -0.15) is 0 Å². The number of halogens is 1. The standard InChI is InChI=1S/C30H50FN4P/c1-9-13-16-27(31)20-19-26(21-22-32-8)18-17-23(5)29(24(6)33-12-4)34-25(7)30(36)35-28(14-10-2)15-11-3/h9,12-13,16,19-20,26,28,32,35-36H,5,10-11,14-15,17-18,21-22H2,1-4,6-8H3/b13-9+,20-19+,27-16+,29-24+,33-12-,34-25+. The maximum Gasteiger partial charge on any atom is 0.122 e. The lowest BCUT2D eigenvalue weighted by molar-refractivity contribution is 0.513. The van der Waals surface area contributed by atoms with Crippen molar-refractivity contribution in [3.05, 3.63) is 59.8 Å². The highest BCUT2D eigenvalue weighted by Gasteiger charge is 2.14. The van der Waals surface area contributed by atoms with Crippen molar-refractivity contribution in [3.63, 3.8) is 0 Å². The van der Waals surface area contributed by atoms with Gasteiger partial charge >= 0.3 is 0 Å². The van der Waals surface area contributed by atoms with E-state index in [-0.39, 0.29) is 11.7 Å². The quantitative estimate of drug-likeness (QED) is 0.103. The molecule has 0 bridgehead atoms. The third kappa shape index (κ3) is 15.2. The number of hydrogen-bond acceptors (Lipinski definition) is 3. The van der Waals surface area contributed by atoms with Crippen LogP contribution in [0.15, 0.2) is 69.7 Å². The molecular formula is C30H50FN4P. The minimum atomic E-state index is -0.243. The van der Waals surface area contributed by atoms with Crippen molar-refractivity contribution >= 4 is 26.2 Å². The molecule has 1 atom stereocenters. The minimum absolute atomic E-state index is 0.226. The van der Waals surface area contributed by atoms with E-state index in [1.807, 2.05) is 46.9 Å². The number of rotatable bonds is 19. The first-order valence-electron chi connectivity index (χ1n) is 13.3. The zero-order chi connectivity index (χ0) is 27.3. The minimum Gasteiger partial charge on any atom is -0.320 e. The number of allylic oxidation sites excluding steroid dienone is 8. The number of hydrogen-bond donors (Lipinski definition) is 2. The zero-order valence-electron chi connectivity index (χ0n) is 23.8. The molecule has 2 N–H and O–H groups in total. The third-order valence-corrected chi connectivity index (χ3v) is 6.33. The van der Waals surface area contributed by atoms with E-state index in [1.165, 1.54) is 6.08 Å². The van der Waals surface area contributed by atoms with Crippen LogP contribution in [0.2, 0.25) is 0 Å². The maximum absolute atomic E-state index is 14.0. The Kier molecular flexibility index (Phi) is 20.0. The molecule has 1 unspecified atom stereocenters. The van der Waals surface area contributed by atoms with Crippen molar-refractivity contribution in [2.24, 2.45) is 15.9 Å². The van der Waals surface area contributed by atoms with Crippen LogP contribution < -0.4 is 10.6 Å². The Balaban J connectivity index is 5.67. The highest BCUT2D eigenvalue weighted by Crippen LogP contribution is 2.25. The average Bonchev–Trinajstić information content (AvgIpc) is 2.85. The first kappa shape index (κ1) is 34.1. The molecule has 0 aromatic rings. The summed E-state index contributed by atoms with van der Waals surface area (Å²) in [6, 6.07) is 0.421. The molecule has 0 amide bonds. The number of aliphatic imine (C=N–C) groups is 2. The number of nitrogens with zero attached hydrogens (tertiary/aromatic N) is 2. The summed E-state index contributed by atoms with van der Waals surface area (Å²) in [5, 5.41) is 6.79. The second kappa shape index (κ2) is 21.2. The normalized spacial score (nSPS) is 14.9. The fourth-order valence-electron chi connectivity index (χ4n) is 3.80. The van der Waals surface area contributed by atoms with E-state index >= 15 is 0 Å². The van der Waals surface area contributed by atoms with Gasteiger partial charge in [0.25, 0.3) is 0 Å². The molecular weight excluding hydrogens is 466 g/mol. The Morgan fingerprint density at radius 3 is 2.31 bits per heavy atom. The second-order valence-electron chi connectivity index (χ2n) is 9.04. The summed E-state index contributed by atoms with van der Waals surface area (Å²) in [5.41, 5.74) is 4.35. The van der Waals surface area contributed by atoms with E-state index in [9.17, 15) is 4.39 Å². The van der Waals surface area contributed by atoms with Gasteiger partial charge in [-0.1, -0.05) is 60.4 Å². The van der Waals surface area contributed by atoms with Crippen LogP contribution in [0.4, 0.5) is 4.39 Å². The van der Waals surface area contributed by atoms with Gasteiger partial charge in [0.1, 0.15) is 5.83 Å². The van der Waals surface area contributed by atoms with E-state index < -0.39 is 0 Å². The highest BCUT2D eigenvalue weighted by atomic mass is 31.0. The van der Waals surface area contributed by atoms with Crippen LogP contribution in [-0.4, -0.2) is 37.0 Å². The lowest BCUT2D eigenvalue weighted by Crippen LogP contribution is -2.37. The average molecular weight is 517 g/mol. The molecule has 0 aromatic heterocycles. The molecule has 0 heterocycles. The summed E-state index contributed by atoms with van der Waals surface area (Å²) in [6.45, 7) is 17.4. The molecule has 0 aromatic carbocycles. The van der Waals surface area contributed by atoms with Gasteiger partial charge in [0, 0.05) is 12.3 Å². The van der Waals surface area contributed by atoms with Gasteiger partial charge in [-0.05, 0) is 97.0 Å². The molecule has 0 saturated carbocycles. The fourth-order valence-corrected chi connectivity index (χ4v) is 4.06. The fraction of sp³-hybridized carbons (Fsp3) is 0.567. The van der Waals surface area contributed by atoms with E-state index in [1.54, 1.807) is 18.4 Å². The van der Waals surface area contributed by atoms with E-state index in [0.29, 0.717) is 6.04 Å². The summed E-state index contributed by atoms with van der Waals surface area (Å²) in [4.78, 5) is 9.44. The van der Waals surface area contributed by atoms with Gasteiger partial charge < -0.3 is 5.32 Å². The Hall–Kier alpha value is -1.94. The Morgan fingerprint density at radius 2 is 1.75 bits per heavy atom. The number of nitrogens with one attached hydrogen (secondary N) is 2. The van der Waals surface area contributed by atoms with Crippen LogP contribution in [0.1, 0.15) is 86.5 Å². The smallest absolute Gasteiger partial charge is 0.122 e. The van der Waals surface area contributed by atoms with Crippen molar-refractivity contribution in [1.82, 2.24) is 10.6 Å². The van der Waals surface area contributed by atoms with Crippen molar-refractivity contribution in [3.8, 4) is 0 Å². The molecule has 0 aliphatic rings. The predicted molar refractivity (Wildman–Crippen MR) is 164 cm³/mol. The maximum atomic E-state index is 14.0.